The first-order valence-electron chi connectivity index (χ1n) is 3.55. The summed E-state index contributed by atoms with van der Waals surface area (Å²) < 4.78 is 10.5. The summed E-state index contributed by atoms with van der Waals surface area (Å²) in [6.07, 6.45) is 0. The molecule has 0 amide bonds. The first-order chi connectivity index (χ1) is 5.35. The van der Waals surface area contributed by atoms with E-state index in [1.54, 1.807) is 14.2 Å². The van der Waals surface area contributed by atoms with E-state index in [0.717, 1.165) is 11.1 Å². The van der Waals surface area contributed by atoms with Crippen molar-refractivity contribution in [2.24, 2.45) is 0 Å². The van der Waals surface area contributed by atoms with Gasteiger partial charge < -0.3 is 9.47 Å². The molecule has 2 heteroatoms. The van der Waals surface area contributed by atoms with Crippen molar-refractivity contribution in [3.05, 3.63) is 35.4 Å². The highest BCUT2D eigenvalue weighted by Crippen LogP contribution is 2.50. The first-order valence-corrected chi connectivity index (χ1v) is 3.55. The van der Waals surface area contributed by atoms with Crippen molar-refractivity contribution in [1.29, 1.82) is 0 Å². The van der Waals surface area contributed by atoms with E-state index in [9.17, 15) is 0 Å². The number of rotatable bonds is 2. The maximum Gasteiger partial charge on any atom is 0.222 e. The molecule has 1 aromatic carbocycles. The third-order valence-electron chi connectivity index (χ3n) is 2.15. The first kappa shape index (κ1) is 6.83. The van der Waals surface area contributed by atoms with Gasteiger partial charge in [0.1, 0.15) is 0 Å². The van der Waals surface area contributed by atoms with Crippen LogP contribution >= 0.6 is 0 Å². The zero-order valence-corrected chi connectivity index (χ0v) is 6.63. The SMILES string of the molecule is COC1(OC)c2ccccc21. The Bertz CT molecular complexity index is 252. The van der Waals surface area contributed by atoms with Crippen LogP contribution in [0.5, 0.6) is 0 Å². The van der Waals surface area contributed by atoms with Crippen LogP contribution in [-0.2, 0) is 15.3 Å². The van der Waals surface area contributed by atoms with Gasteiger partial charge in [-0.05, 0) is 0 Å². The third-order valence-corrected chi connectivity index (χ3v) is 2.15. The second-order valence-electron chi connectivity index (χ2n) is 2.57. The molecule has 0 saturated heterocycles. The van der Waals surface area contributed by atoms with Crippen LogP contribution < -0.4 is 0 Å². The second kappa shape index (κ2) is 2.06. The molecule has 0 aromatic heterocycles. The number of hydrogen-bond donors (Lipinski definition) is 0. The Balaban J connectivity index is 2.40. The highest BCUT2D eigenvalue weighted by Gasteiger charge is 2.51. The molecular formula is C9H10O2. The molecule has 11 heavy (non-hydrogen) atoms. The maximum atomic E-state index is 5.25. The Hall–Kier alpha value is -0.860. The van der Waals surface area contributed by atoms with Gasteiger partial charge in [0.05, 0.1) is 0 Å². The fourth-order valence-electron chi connectivity index (χ4n) is 1.51. The van der Waals surface area contributed by atoms with E-state index in [1.165, 1.54) is 0 Å². The number of fused-ring (bicyclic) bond motifs is 1. The zero-order valence-electron chi connectivity index (χ0n) is 6.63. The molecule has 0 aliphatic heterocycles. The normalized spacial score (nSPS) is 17.6. The maximum absolute atomic E-state index is 5.25. The van der Waals surface area contributed by atoms with Crippen molar-refractivity contribution >= 4 is 0 Å². The lowest BCUT2D eigenvalue weighted by atomic mass is 10.4. The van der Waals surface area contributed by atoms with Gasteiger partial charge in [0.15, 0.2) is 0 Å². The lowest BCUT2D eigenvalue weighted by Crippen LogP contribution is -2.12. The van der Waals surface area contributed by atoms with Gasteiger partial charge in [-0.1, -0.05) is 24.3 Å². The molecule has 0 N–H and O–H groups in total. The van der Waals surface area contributed by atoms with Crippen LogP contribution in [0, 0.1) is 0 Å². The molecule has 0 saturated carbocycles. The molecule has 1 aromatic rings. The lowest BCUT2D eigenvalue weighted by Gasteiger charge is -2.10. The second-order valence-corrected chi connectivity index (χ2v) is 2.57. The van der Waals surface area contributed by atoms with E-state index in [-0.39, 0.29) is 0 Å². The van der Waals surface area contributed by atoms with Gasteiger partial charge in [-0.25, -0.2) is 0 Å². The van der Waals surface area contributed by atoms with Gasteiger partial charge in [-0.3, -0.25) is 0 Å². The molecule has 0 spiro atoms. The molecule has 0 unspecified atom stereocenters. The van der Waals surface area contributed by atoms with Crippen molar-refractivity contribution in [2.75, 3.05) is 14.2 Å². The summed E-state index contributed by atoms with van der Waals surface area (Å²) in [6.45, 7) is 0. The minimum Gasteiger partial charge on any atom is -0.346 e. The standard InChI is InChI=1S/C9H10O2/c1-10-9(11-2)7-5-3-4-6-8(7)9/h3-6H,1-2H3. The van der Waals surface area contributed by atoms with E-state index >= 15 is 0 Å². The molecule has 0 heterocycles. The summed E-state index contributed by atoms with van der Waals surface area (Å²) in [5, 5.41) is 0. The van der Waals surface area contributed by atoms with Crippen LogP contribution in [0.4, 0.5) is 0 Å². The number of methoxy groups -OCH3 is 2. The molecule has 1 aliphatic carbocycles. The minimum atomic E-state index is -0.510. The molecule has 58 valence electrons. The molecule has 1 aliphatic rings. The van der Waals surface area contributed by atoms with E-state index in [1.807, 2.05) is 24.3 Å². The minimum absolute atomic E-state index is 0.510. The predicted molar refractivity (Wildman–Crippen MR) is 41.2 cm³/mol. The van der Waals surface area contributed by atoms with Crippen LogP contribution in [0.2, 0.25) is 0 Å². The quantitative estimate of drug-likeness (QED) is 0.595. The van der Waals surface area contributed by atoms with Crippen LogP contribution in [0.1, 0.15) is 11.1 Å². The average molecular weight is 150 g/mol. The summed E-state index contributed by atoms with van der Waals surface area (Å²) in [7, 11) is 3.31. The van der Waals surface area contributed by atoms with Gasteiger partial charge >= 0.3 is 0 Å². The number of benzene rings is 1. The summed E-state index contributed by atoms with van der Waals surface area (Å²) in [5.41, 5.74) is 2.29. The fraction of sp³-hybridized carbons (Fsp3) is 0.333. The largest absolute Gasteiger partial charge is 0.346 e. The Labute approximate surface area is 65.7 Å². The molecule has 0 radical (unpaired) electrons. The van der Waals surface area contributed by atoms with Crippen LogP contribution in [0.3, 0.4) is 0 Å². The van der Waals surface area contributed by atoms with Crippen molar-refractivity contribution in [1.82, 2.24) is 0 Å². The highest BCUT2D eigenvalue weighted by atomic mass is 16.7. The third kappa shape index (κ3) is 0.682. The Morgan fingerprint density at radius 1 is 1.00 bits per heavy atom. The molecule has 2 nitrogen and oxygen atoms in total. The molecular weight excluding hydrogens is 140 g/mol. The van der Waals surface area contributed by atoms with Crippen LogP contribution in [-0.4, -0.2) is 14.2 Å². The van der Waals surface area contributed by atoms with E-state index in [4.69, 9.17) is 9.47 Å². The van der Waals surface area contributed by atoms with Crippen molar-refractivity contribution < 1.29 is 9.47 Å². The Morgan fingerprint density at radius 2 is 1.45 bits per heavy atom. The predicted octanol–water partition coefficient (Wildman–Crippen LogP) is 1.49. The average Bonchev–Trinajstić information content (AvgIpc) is 2.74. The summed E-state index contributed by atoms with van der Waals surface area (Å²) >= 11 is 0. The Morgan fingerprint density at radius 3 is 1.82 bits per heavy atom. The monoisotopic (exact) mass is 150 g/mol. The van der Waals surface area contributed by atoms with E-state index in [0.29, 0.717) is 0 Å². The smallest absolute Gasteiger partial charge is 0.222 e. The van der Waals surface area contributed by atoms with E-state index < -0.39 is 5.79 Å². The summed E-state index contributed by atoms with van der Waals surface area (Å²) in [4.78, 5) is 0. The topological polar surface area (TPSA) is 18.5 Å². The van der Waals surface area contributed by atoms with Gasteiger partial charge in [-0.15, -0.1) is 0 Å². The van der Waals surface area contributed by atoms with Gasteiger partial charge in [0.25, 0.3) is 0 Å². The molecule has 0 atom stereocenters. The molecule has 0 bridgehead atoms. The highest BCUT2D eigenvalue weighted by molar-refractivity contribution is 5.53. The number of hydrogen-bond acceptors (Lipinski definition) is 2. The summed E-state index contributed by atoms with van der Waals surface area (Å²) in [6, 6.07) is 8.00. The summed E-state index contributed by atoms with van der Waals surface area (Å²) in [5.74, 6) is -0.510. The van der Waals surface area contributed by atoms with Gasteiger partial charge in [-0.2, -0.15) is 0 Å². The van der Waals surface area contributed by atoms with Crippen LogP contribution in [0.25, 0.3) is 0 Å². The fourth-order valence-corrected chi connectivity index (χ4v) is 1.51. The van der Waals surface area contributed by atoms with Gasteiger partial charge in [0.2, 0.25) is 5.79 Å². The zero-order chi connectivity index (χ0) is 7.90. The molecule has 2 rings (SSSR count). The Kier molecular flexibility index (Phi) is 1.28. The van der Waals surface area contributed by atoms with Crippen molar-refractivity contribution in [3.63, 3.8) is 0 Å². The number of ether oxygens (including phenoxy) is 2. The van der Waals surface area contributed by atoms with E-state index in [2.05, 4.69) is 0 Å². The van der Waals surface area contributed by atoms with Crippen molar-refractivity contribution in [3.8, 4) is 0 Å². The lowest BCUT2D eigenvalue weighted by molar-refractivity contribution is -0.146. The van der Waals surface area contributed by atoms with Gasteiger partial charge in [0, 0.05) is 25.3 Å². The van der Waals surface area contributed by atoms with Crippen molar-refractivity contribution in [2.45, 2.75) is 5.79 Å². The van der Waals surface area contributed by atoms with Crippen LogP contribution in [0.15, 0.2) is 24.3 Å². The molecule has 0 fully saturated rings.